The van der Waals surface area contributed by atoms with Crippen molar-refractivity contribution in [3.05, 3.63) is 57.1 Å². The lowest BCUT2D eigenvalue weighted by atomic mass is 10.1. The Morgan fingerprint density at radius 2 is 2.12 bits per heavy atom. The number of halogens is 1. The van der Waals surface area contributed by atoms with Gasteiger partial charge in [-0.25, -0.2) is 9.78 Å². The van der Waals surface area contributed by atoms with Gasteiger partial charge in [0, 0.05) is 21.5 Å². The second kappa shape index (κ2) is 7.88. The summed E-state index contributed by atoms with van der Waals surface area (Å²) in [6.07, 6.45) is 1.54. The molecule has 2 N–H and O–H groups in total. The monoisotopic (exact) mass is 434 g/mol. The first-order valence-corrected chi connectivity index (χ1v) is 9.39. The molecule has 2 aromatic heterocycles. The second-order valence-electron chi connectivity index (χ2n) is 5.64. The van der Waals surface area contributed by atoms with Crippen LogP contribution >= 0.6 is 27.7 Å². The Hall–Kier alpha value is -2.39. The van der Waals surface area contributed by atoms with Crippen LogP contribution in [0.5, 0.6) is 0 Å². The highest BCUT2D eigenvalue weighted by Crippen LogP contribution is 2.29. The van der Waals surface area contributed by atoms with E-state index in [0.717, 1.165) is 9.50 Å². The zero-order chi connectivity index (χ0) is 18.7. The number of H-pyrrole nitrogens is 1. The van der Waals surface area contributed by atoms with Gasteiger partial charge in [0.25, 0.3) is 5.91 Å². The number of amides is 1. The highest BCUT2D eigenvalue weighted by Gasteiger charge is 2.14. The molecule has 0 atom stereocenters. The van der Waals surface area contributed by atoms with Crippen LogP contribution in [-0.4, -0.2) is 26.3 Å². The van der Waals surface area contributed by atoms with Gasteiger partial charge in [-0.3, -0.25) is 14.3 Å². The maximum Gasteiger partial charge on any atom is 0.439 e. The van der Waals surface area contributed by atoms with E-state index in [2.05, 4.69) is 54.7 Å². The molecule has 0 aliphatic carbocycles. The average molecular weight is 435 g/mol. The third kappa shape index (κ3) is 4.41. The molecule has 0 aliphatic rings. The predicted octanol–water partition coefficient (Wildman–Crippen LogP) is 3.94. The number of nitrogens with one attached hydrogen (secondary N) is 2. The third-order valence-corrected chi connectivity index (χ3v) is 4.73. The van der Waals surface area contributed by atoms with E-state index >= 15 is 0 Å². The molecule has 0 saturated heterocycles. The van der Waals surface area contributed by atoms with E-state index < -0.39 is 5.76 Å². The van der Waals surface area contributed by atoms with Crippen molar-refractivity contribution in [1.82, 2.24) is 15.1 Å². The minimum Gasteiger partial charge on any atom is -0.321 e. The highest BCUT2D eigenvalue weighted by molar-refractivity contribution is 9.10. The summed E-state index contributed by atoms with van der Waals surface area (Å²) in [4.78, 5) is 30.5. The summed E-state index contributed by atoms with van der Waals surface area (Å²) in [5.41, 5.74) is 1.45. The number of hydrogen-bond donors (Lipinski definition) is 2. The van der Waals surface area contributed by atoms with Crippen molar-refractivity contribution in [3.63, 3.8) is 0 Å². The number of nitrogens with zero attached hydrogens (tertiary/aromatic N) is 2. The van der Waals surface area contributed by atoms with E-state index in [9.17, 15) is 9.59 Å². The number of hydrogen-bond acceptors (Lipinski definition) is 6. The lowest BCUT2D eigenvalue weighted by Crippen LogP contribution is -2.13. The van der Waals surface area contributed by atoms with E-state index in [1.807, 2.05) is 6.07 Å². The lowest BCUT2D eigenvalue weighted by molar-refractivity contribution is 0.102. The molecule has 0 spiro atoms. The van der Waals surface area contributed by atoms with Gasteiger partial charge >= 0.3 is 5.76 Å². The predicted molar refractivity (Wildman–Crippen MR) is 103 cm³/mol. The first kappa shape index (κ1) is 18.4. The van der Waals surface area contributed by atoms with Crippen LogP contribution in [-0.2, 0) is 0 Å². The van der Waals surface area contributed by atoms with Crippen LogP contribution in [0.1, 0.15) is 24.2 Å². The molecule has 3 aromatic rings. The van der Waals surface area contributed by atoms with Crippen molar-refractivity contribution in [2.24, 2.45) is 0 Å². The Balaban J connectivity index is 1.84. The van der Waals surface area contributed by atoms with Crippen LogP contribution in [0.4, 0.5) is 5.69 Å². The Morgan fingerprint density at radius 3 is 2.73 bits per heavy atom. The fourth-order valence-electron chi connectivity index (χ4n) is 2.19. The molecular weight excluding hydrogens is 420 g/mol. The normalized spacial score (nSPS) is 10.9. The number of benzene rings is 1. The van der Waals surface area contributed by atoms with Crippen molar-refractivity contribution >= 4 is 39.3 Å². The van der Waals surface area contributed by atoms with Gasteiger partial charge in [-0.1, -0.05) is 34.9 Å². The van der Waals surface area contributed by atoms with Gasteiger partial charge in [-0.2, -0.15) is 0 Å². The second-order valence-corrected chi connectivity index (χ2v) is 8.15. The molecule has 26 heavy (non-hydrogen) atoms. The Labute approximate surface area is 161 Å². The molecule has 1 aromatic carbocycles. The molecule has 0 unspecified atom stereocenters. The molecule has 3 rings (SSSR count). The zero-order valence-corrected chi connectivity index (χ0v) is 16.3. The molecule has 1 amide bonds. The third-order valence-electron chi connectivity index (χ3n) is 3.28. The largest absolute Gasteiger partial charge is 0.439 e. The Bertz CT molecular complexity index is 982. The number of aromatic nitrogens is 3. The number of pyridine rings is 1. The molecule has 2 heterocycles. The maximum atomic E-state index is 12.5. The number of carbonyl (C=O) groups is 1. The van der Waals surface area contributed by atoms with E-state index in [0.29, 0.717) is 22.1 Å². The molecule has 0 fully saturated rings. The van der Waals surface area contributed by atoms with E-state index in [4.69, 9.17) is 0 Å². The van der Waals surface area contributed by atoms with Gasteiger partial charge in [0.05, 0.1) is 16.3 Å². The van der Waals surface area contributed by atoms with Crippen molar-refractivity contribution in [1.29, 1.82) is 0 Å². The van der Waals surface area contributed by atoms with Gasteiger partial charge in [0.2, 0.25) is 0 Å². The quantitative estimate of drug-likeness (QED) is 0.589. The number of rotatable bonds is 5. The van der Waals surface area contributed by atoms with E-state index in [-0.39, 0.29) is 11.7 Å². The minimum absolute atomic E-state index is 0.230. The van der Waals surface area contributed by atoms with Crippen LogP contribution in [0, 0.1) is 0 Å². The molecule has 0 saturated carbocycles. The maximum absolute atomic E-state index is 12.5. The Morgan fingerprint density at radius 1 is 1.31 bits per heavy atom. The summed E-state index contributed by atoms with van der Waals surface area (Å²) < 4.78 is 5.32. The first-order valence-electron chi connectivity index (χ1n) is 7.72. The van der Waals surface area contributed by atoms with Gasteiger partial charge < -0.3 is 5.32 Å². The standard InChI is InChI=1S/C17H15BrN4O3S/c1-9(2)26-14-6-3-10(8-19-14)16(23)20-13-5-4-11(18)7-12(13)15-21-17(24)25-22-15/h3-9H,1-2H3,(H,20,23)(H,21,22,24). The molecular formula is C17H15BrN4O3S. The summed E-state index contributed by atoms with van der Waals surface area (Å²) in [5.74, 6) is -0.749. The van der Waals surface area contributed by atoms with Gasteiger partial charge in [0.1, 0.15) is 0 Å². The fraction of sp³-hybridized carbons (Fsp3) is 0.176. The summed E-state index contributed by atoms with van der Waals surface area (Å²) >= 11 is 4.99. The van der Waals surface area contributed by atoms with Crippen LogP contribution in [0.15, 0.2) is 55.3 Å². The van der Waals surface area contributed by atoms with E-state index in [1.54, 1.807) is 36.0 Å². The average Bonchev–Trinajstić information content (AvgIpc) is 3.03. The minimum atomic E-state index is -0.667. The topological polar surface area (TPSA) is 101 Å². The molecule has 7 nitrogen and oxygen atoms in total. The van der Waals surface area contributed by atoms with Gasteiger partial charge in [-0.15, -0.1) is 11.8 Å². The number of carbonyl (C=O) groups excluding carboxylic acids is 1. The van der Waals surface area contributed by atoms with Crippen LogP contribution < -0.4 is 11.1 Å². The van der Waals surface area contributed by atoms with Gasteiger partial charge in [-0.05, 0) is 30.3 Å². The van der Waals surface area contributed by atoms with Crippen molar-refractivity contribution in [3.8, 4) is 11.4 Å². The van der Waals surface area contributed by atoms with Gasteiger partial charge in [0.15, 0.2) is 5.82 Å². The Kier molecular flexibility index (Phi) is 5.58. The molecule has 9 heteroatoms. The molecule has 134 valence electrons. The number of thioether (sulfide) groups is 1. The molecule has 0 aliphatic heterocycles. The smallest absolute Gasteiger partial charge is 0.321 e. The number of anilines is 1. The van der Waals surface area contributed by atoms with Crippen molar-refractivity contribution in [2.45, 2.75) is 24.1 Å². The lowest BCUT2D eigenvalue weighted by Gasteiger charge is -2.10. The fourth-order valence-corrected chi connectivity index (χ4v) is 3.29. The summed E-state index contributed by atoms with van der Waals surface area (Å²) in [6.45, 7) is 4.16. The van der Waals surface area contributed by atoms with Crippen LogP contribution in [0.2, 0.25) is 0 Å². The zero-order valence-electron chi connectivity index (χ0n) is 13.9. The van der Waals surface area contributed by atoms with Crippen molar-refractivity contribution in [2.75, 3.05) is 5.32 Å². The number of aromatic amines is 1. The summed E-state index contributed by atoms with van der Waals surface area (Å²) in [7, 11) is 0. The highest BCUT2D eigenvalue weighted by atomic mass is 79.9. The van der Waals surface area contributed by atoms with Crippen LogP contribution in [0.3, 0.4) is 0 Å². The van der Waals surface area contributed by atoms with Crippen molar-refractivity contribution < 1.29 is 9.32 Å². The van der Waals surface area contributed by atoms with Crippen LogP contribution in [0.25, 0.3) is 11.4 Å². The molecule has 0 bridgehead atoms. The summed E-state index contributed by atoms with van der Waals surface area (Å²) in [5, 5.41) is 7.76. The first-order chi connectivity index (χ1) is 12.4. The molecule has 0 radical (unpaired) electrons. The summed E-state index contributed by atoms with van der Waals surface area (Å²) in [6, 6.07) is 8.75. The van der Waals surface area contributed by atoms with E-state index in [1.165, 1.54) is 6.20 Å². The SMILES string of the molecule is CC(C)Sc1ccc(C(=O)Nc2ccc(Br)cc2-c2noc(=O)[nH]2)cn1.